The fourth-order valence-corrected chi connectivity index (χ4v) is 2.15. The lowest BCUT2D eigenvalue weighted by Crippen LogP contribution is -2.09. The van der Waals surface area contributed by atoms with E-state index in [9.17, 15) is 0 Å². The van der Waals surface area contributed by atoms with Gasteiger partial charge in [-0.15, -0.1) is 0 Å². The van der Waals surface area contributed by atoms with Gasteiger partial charge in [-0.1, -0.05) is 44.1 Å². The molecule has 1 aromatic heterocycles. The normalized spacial score (nSPS) is 11.8. The Hall–Kier alpha value is -1.77. The number of benzene rings is 1. The van der Waals surface area contributed by atoms with Crippen molar-refractivity contribution in [2.24, 2.45) is 5.41 Å². The third-order valence-electron chi connectivity index (χ3n) is 3.28. The van der Waals surface area contributed by atoms with E-state index in [4.69, 9.17) is 10.3 Å². The molecule has 0 bridgehead atoms. The molecule has 0 saturated carbocycles. The summed E-state index contributed by atoms with van der Waals surface area (Å²) in [6.45, 7) is 10.7. The maximum absolute atomic E-state index is 5.98. The molecular weight excluding hydrogens is 236 g/mol. The van der Waals surface area contributed by atoms with Crippen LogP contribution in [0.2, 0.25) is 0 Å². The van der Waals surface area contributed by atoms with Gasteiger partial charge in [-0.05, 0) is 36.0 Å². The van der Waals surface area contributed by atoms with E-state index in [1.54, 1.807) is 0 Å². The molecule has 0 unspecified atom stereocenters. The predicted octanol–water partition coefficient (Wildman–Crippen LogP) is 4.13. The maximum atomic E-state index is 5.98. The van der Waals surface area contributed by atoms with Crippen molar-refractivity contribution in [3.05, 3.63) is 35.1 Å². The maximum Gasteiger partial charge on any atom is 0.175 e. The number of nitrogens with zero attached hydrogens (tertiary/aromatic N) is 1. The molecule has 0 fully saturated rings. The van der Waals surface area contributed by atoms with Crippen LogP contribution in [0.15, 0.2) is 22.7 Å². The molecule has 3 nitrogen and oxygen atoms in total. The standard InChI is InChI=1S/C16H22N2O/c1-10-6-7-12(8-11(10)2)14-13(9-16(3,4)5)19-18-15(14)17/h6-8H,9H2,1-5H3,(H2,17,18). The van der Waals surface area contributed by atoms with Gasteiger partial charge in [-0.2, -0.15) is 0 Å². The van der Waals surface area contributed by atoms with Crippen LogP contribution in [0, 0.1) is 19.3 Å². The number of hydrogen-bond donors (Lipinski definition) is 1. The van der Waals surface area contributed by atoms with Gasteiger partial charge in [-0.3, -0.25) is 0 Å². The average molecular weight is 258 g/mol. The lowest BCUT2D eigenvalue weighted by atomic mass is 9.88. The highest BCUT2D eigenvalue weighted by atomic mass is 16.5. The Morgan fingerprint density at radius 1 is 1.16 bits per heavy atom. The fourth-order valence-electron chi connectivity index (χ4n) is 2.15. The first-order valence-electron chi connectivity index (χ1n) is 6.59. The van der Waals surface area contributed by atoms with Crippen LogP contribution in [0.5, 0.6) is 0 Å². The number of nitrogens with two attached hydrogens (primary N) is 1. The molecule has 2 aromatic rings. The molecule has 0 saturated heterocycles. The van der Waals surface area contributed by atoms with Crippen molar-refractivity contribution in [2.75, 3.05) is 5.73 Å². The van der Waals surface area contributed by atoms with Gasteiger partial charge in [0.05, 0.1) is 5.56 Å². The Labute approximate surface area is 114 Å². The van der Waals surface area contributed by atoms with Crippen LogP contribution >= 0.6 is 0 Å². The Bertz CT molecular complexity index is 591. The van der Waals surface area contributed by atoms with E-state index in [1.807, 2.05) is 0 Å². The van der Waals surface area contributed by atoms with Gasteiger partial charge in [-0.25, -0.2) is 0 Å². The Morgan fingerprint density at radius 2 is 1.84 bits per heavy atom. The highest BCUT2D eigenvalue weighted by Gasteiger charge is 2.21. The van der Waals surface area contributed by atoms with Gasteiger partial charge in [0.2, 0.25) is 0 Å². The smallest absolute Gasteiger partial charge is 0.175 e. The molecule has 1 aromatic carbocycles. The molecule has 0 spiro atoms. The Balaban J connectivity index is 2.49. The molecule has 0 aliphatic rings. The van der Waals surface area contributed by atoms with Crippen molar-refractivity contribution in [3.63, 3.8) is 0 Å². The third-order valence-corrected chi connectivity index (χ3v) is 3.28. The summed E-state index contributed by atoms with van der Waals surface area (Å²) < 4.78 is 5.42. The van der Waals surface area contributed by atoms with E-state index in [0.29, 0.717) is 5.82 Å². The van der Waals surface area contributed by atoms with Crippen LogP contribution in [0.1, 0.15) is 37.7 Å². The summed E-state index contributed by atoms with van der Waals surface area (Å²) in [5.41, 5.74) is 10.7. The lowest BCUT2D eigenvalue weighted by molar-refractivity contribution is 0.322. The first-order valence-corrected chi connectivity index (χ1v) is 6.59. The second-order valence-electron chi connectivity index (χ2n) is 6.40. The average Bonchev–Trinajstić information content (AvgIpc) is 2.62. The van der Waals surface area contributed by atoms with E-state index in [2.05, 4.69) is 58.0 Å². The quantitative estimate of drug-likeness (QED) is 0.881. The minimum Gasteiger partial charge on any atom is -0.380 e. The molecule has 0 atom stereocenters. The van der Waals surface area contributed by atoms with Crippen LogP contribution in [-0.2, 0) is 6.42 Å². The van der Waals surface area contributed by atoms with Crippen molar-refractivity contribution >= 4 is 5.82 Å². The third kappa shape index (κ3) is 2.98. The first kappa shape index (κ1) is 13.7. The number of anilines is 1. The summed E-state index contributed by atoms with van der Waals surface area (Å²) in [5, 5.41) is 3.93. The van der Waals surface area contributed by atoms with Crippen LogP contribution in [0.4, 0.5) is 5.82 Å². The second-order valence-corrected chi connectivity index (χ2v) is 6.40. The molecule has 0 radical (unpaired) electrons. The van der Waals surface area contributed by atoms with Gasteiger partial charge in [0, 0.05) is 6.42 Å². The van der Waals surface area contributed by atoms with Crippen molar-refractivity contribution in [1.29, 1.82) is 0 Å². The minimum atomic E-state index is 0.139. The van der Waals surface area contributed by atoms with Crippen molar-refractivity contribution < 1.29 is 4.52 Å². The number of aryl methyl sites for hydroxylation is 2. The van der Waals surface area contributed by atoms with E-state index in [1.165, 1.54) is 11.1 Å². The molecule has 0 amide bonds. The van der Waals surface area contributed by atoms with Crippen LogP contribution in [0.3, 0.4) is 0 Å². The first-order chi connectivity index (χ1) is 8.78. The highest BCUT2D eigenvalue weighted by Crippen LogP contribution is 2.34. The summed E-state index contributed by atoms with van der Waals surface area (Å²) in [7, 11) is 0. The molecule has 2 N–H and O–H groups in total. The molecule has 1 heterocycles. The molecule has 3 heteroatoms. The van der Waals surface area contributed by atoms with Crippen LogP contribution in [-0.4, -0.2) is 5.16 Å². The second kappa shape index (κ2) is 4.72. The number of rotatable bonds is 2. The summed E-state index contributed by atoms with van der Waals surface area (Å²) in [6.07, 6.45) is 0.819. The fraction of sp³-hybridized carbons (Fsp3) is 0.438. The Morgan fingerprint density at radius 3 is 2.42 bits per heavy atom. The summed E-state index contributed by atoms with van der Waals surface area (Å²) in [4.78, 5) is 0. The summed E-state index contributed by atoms with van der Waals surface area (Å²) in [5.74, 6) is 1.34. The molecule has 19 heavy (non-hydrogen) atoms. The van der Waals surface area contributed by atoms with E-state index < -0.39 is 0 Å². The van der Waals surface area contributed by atoms with E-state index in [0.717, 1.165) is 23.3 Å². The number of aromatic nitrogens is 1. The SMILES string of the molecule is Cc1ccc(-c2c(N)noc2CC(C)(C)C)cc1C. The minimum absolute atomic E-state index is 0.139. The van der Waals surface area contributed by atoms with Crippen LogP contribution < -0.4 is 5.73 Å². The largest absolute Gasteiger partial charge is 0.380 e. The zero-order valence-corrected chi connectivity index (χ0v) is 12.4. The van der Waals surface area contributed by atoms with Crippen molar-refractivity contribution in [2.45, 2.75) is 41.0 Å². The topological polar surface area (TPSA) is 52.0 Å². The molecule has 2 rings (SSSR count). The van der Waals surface area contributed by atoms with Gasteiger partial charge in [0.25, 0.3) is 0 Å². The monoisotopic (exact) mass is 258 g/mol. The van der Waals surface area contributed by atoms with Crippen molar-refractivity contribution in [3.8, 4) is 11.1 Å². The van der Waals surface area contributed by atoms with Gasteiger partial charge in [0.15, 0.2) is 5.82 Å². The van der Waals surface area contributed by atoms with Gasteiger partial charge < -0.3 is 10.3 Å². The number of hydrogen-bond acceptors (Lipinski definition) is 3. The number of nitrogen functional groups attached to an aromatic ring is 1. The van der Waals surface area contributed by atoms with Crippen molar-refractivity contribution in [1.82, 2.24) is 5.16 Å². The highest BCUT2D eigenvalue weighted by molar-refractivity contribution is 5.76. The zero-order valence-electron chi connectivity index (χ0n) is 12.4. The molecule has 102 valence electrons. The van der Waals surface area contributed by atoms with Crippen LogP contribution in [0.25, 0.3) is 11.1 Å². The van der Waals surface area contributed by atoms with E-state index >= 15 is 0 Å². The molecular formula is C16H22N2O. The lowest BCUT2D eigenvalue weighted by Gasteiger charge is -2.16. The summed E-state index contributed by atoms with van der Waals surface area (Å²) >= 11 is 0. The van der Waals surface area contributed by atoms with Gasteiger partial charge >= 0.3 is 0 Å². The van der Waals surface area contributed by atoms with Gasteiger partial charge in [0.1, 0.15) is 5.76 Å². The predicted molar refractivity (Wildman–Crippen MR) is 79.0 cm³/mol. The summed E-state index contributed by atoms with van der Waals surface area (Å²) in [6, 6.07) is 6.33. The zero-order chi connectivity index (χ0) is 14.2. The Kier molecular flexibility index (Phi) is 3.40. The molecule has 0 aliphatic heterocycles. The van der Waals surface area contributed by atoms with E-state index in [-0.39, 0.29) is 5.41 Å². The molecule has 0 aliphatic carbocycles.